The molecule has 0 N–H and O–H groups in total. The molecule has 2 aromatic rings. The quantitative estimate of drug-likeness (QED) is 0.658. The Balaban J connectivity index is 1.39. The molecular weight excluding hydrogens is 418 g/mol. The zero-order valence-electron chi connectivity index (χ0n) is 19.7. The fourth-order valence-electron chi connectivity index (χ4n) is 4.33. The number of hydrogen-bond acceptors (Lipinski definition) is 5. The molecule has 0 saturated carbocycles. The molecule has 0 aromatic heterocycles. The number of carbonyl (C=O) groups excluding carboxylic acids is 3. The van der Waals surface area contributed by atoms with Crippen molar-refractivity contribution in [2.24, 2.45) is 0 Å². The van der Waals surface area contributed by atoms with E-state index in [-0.39, 0.29) is 23.9 Å². The summed E-state index contributed by atoms with van der Waals surface area (Å²) >= 11 is 0. The van der Waals surface area contributed by atoms with E-state index in [4.69, 9.17) is 4.74 Å². The third kappa shape index (κ3) is 4.93. The predicted molar refractivity (Wildman–Crippen MR) is 125 cm³/mol. The van der Waals surface area contributed by atoms with Gasteiger partial charge in [0.15, 0.2) is 0 Å². The van der Waals surface area contributed by atoms with Gasteiger partial charge in [0.25, 0.3) is 11.8 Å². The number of benzene rings is 2. The lowest BCUT2D eigenvalue weighted by Crippen LogP contribution is -2.49. The van der Waals surface area contributed by atoms with Crippen LogP contribution in [0.2, 0.25) is 0 Å². The molecule has 1 saturated heterocycles. The van der Waals surface area contributed by atoms with Gasteiger partial charge >= 0.3 is 6.09 Å². The molecule has 1 fully saturated rings. The average molecular weight is 450 g/mol. The number of rotatable bonds is 4. The number of piperazine rings is 1. The third-order valence-electron chi connectivity index (χ3n) is 6.08. The predicted octanol–water partition coefficient (Wildman–Crippen LogP) is 4.10. The van der Waals surface area contributed by atoms with Crippen LogP contribution < -0.4 is 0 Å². The molecule has 3 amide bonds. The first-order chi connectivity index (χ1) is 15.6. The summed E-state index contributed by atoms with van der Waals surface area (Å²) in [6.45, 7) is 11.0. The highest BCUT2D eigenvalue weighted by molar-refractivity contribution is 6.21. The van der Waals surface area contributed by atoms with Crippen molar-refractivity contribution >= 4 is 17.9 Å². The van der Waals surface area contributed by atoms with Gasteiger partial charge in [0.05, 0.1) is 17.2 Å². The number of imide groups is 1. The van der Waals surface area contributed by atoms with Crippen LogP contribution >= 0.6 is 0 Å². The number of amides is 3. The smallest absolute Gasteiger partial charge is 0.410 e. The summed E-state index contributed by atoms with van der Waals surface area (Å²) in [5.74, 6) is -0.487. The number of hydrogen-bond donors (Lipinski definition) is 0. The maximum absolute atomic E-state index is 12.9. The van der Waals surface area contributed by atoms with E-state index in [1.807, 2.05) is 39.8 Å². The Hall–Kier alpha value is -3.19. The van der Waals surface area contributed by atoms with Gasteiger partial charge in [-0.3, -0.25) is 19.4 Å². The lowest BCUT2D eigenvalue weighted by Gasteiger charge is -2.35. The molecule has 4 rings (SSSR count). The van der Waals surface area contributed by atoms with Crippen molar-refractivity contribution in [3.8, 4) is 0 Å². The third-order valence-corrected chi connectivity index (χ3v) is 6.08. The van der Waals surface area contributed by atoms with Crippen LogP contribution in [0.3, 0.4) is 0 Å². The molecule has 33 heavy (non-hydrogen) atoms. The van der Waals surface area contributed by atoms with Crippen LogP contribution in [0.1, 0.15) is 65.6 Å². The molecule has 174 valence electrons. The Morgan fingerprint density at radius 2 is 1.55 bits per heavy atom. The summed E-state index contributed by atoms with van der Waals surface area (Å²) in [6, 6.07) is 14.6. The van der Waals surface area contributed by atoms with E-state index < -0.39 is 5.60 Å². The minimum absolute atomic E-state index is 0.244. The summed E-state index contributed by atoms with van der Waals surface area (Å²) in [6.07, 6.45) is -0.265. The number of ether oxygens (including phenoxy) is 1. The monoisotopic (exact) mass is 449 g/mol. The lowest BCUT2D eigenvalue weighted by molar-refractivity contribution is 0.0138. The number of nitrogens with zero attached hydrogens (tertiary/aromatic N) is 3. The second kappa shape index (κ2) is 8.98. The van der Waals surface area contributed by atoms with E-state index in [0.717, 1.165) is 30.8 Å². The van der Waals surface area contributed by atoms with Crippen molar-refractivity contribution in [3.05, 3.63) is 70.8 Å². The largest absolute Gasteiger partial charge is 0.444 e. The second-order valence-corrected chi connectivity index (χ2v) is 9.69. The fraction of sp³-hybridized carbons (Fsp3) is 0.423. The minimum atomic E-state index is -0.495. The van der Waals surface area contributed by atoms with E-state index in [9.17, 15) is 14.4 Å². The molecule has 2 aromatic carbocycles. The maximum Gasteiger partial charge on any atom is 0.410 e. The topological polar surface area (TPSA) is 70.2 Å². The Kier molecular flexibility index (Phi) is 6.26. The van der Waals surface area contributed by atoms with Gasteiger partial charge in [-0.2, -0.15) is 0 Å². The summed E-state index contributed by atoms with van der Waals surface area (Å²) in [5.41, 5.74) is 2.47. The highest BCUT2D eigenvalue weighted by atomic mass is 16.6. The number of fused-ring (bicyclic) bond motifs is 1. The molecule has 1 unspecified atom stereocenters. The standard InChI is InChI=1S/C26H31N3O4/c1-18(29-23(30)21-10-5-6-11-22(21)24(29)31)20-9-7-8-19(16-20)17-27-12-14-28(15-13-27)25(32)33-26(2,3)4/h5-11,16,18H,12-15,17H2,1-4H3. The van der Waals surface area contributed by atoms with Gasteiger partial charge in [-0.25, -0.2) is 4.79 Å². The molecule has 0 bridgehead atoms. The molecule has 2 heterocycles. The van der Waals surface area contributed by atoms with Crippen molar-refractivity contribution in [1.29, 1.82) is 0 Å². The average Bonchev–Trinajstić information content (AvgIpc) is 3.03. The van der Waals surface area contributed by atoms with Crippen LogP contribution in [-0.4, -0.2) is 64.4 Å². The first kappa shape index (κ1) is 23.0. The lowest BCUT2D eigenvalue weighted by atomic mass is 10.0. The molecule has 1 atom stereocenters. The molecule has 2 aliphatic heterocycles. The van der Waals surface area contributed by atoms with Crippen molar-refractivity contribution in [2.45, 2.75) is 45.9 Å². The van der Waals surface area contributed by atoms with E-state index >= 15 is 0 Å². The zero-order valence-corrected chi connectivity index (χ0v) is 19.7. The van der Waals surface area contributed by atoms with E-state index in [1.54, 1.807) is 29.2 Å². The molecule has 7 heteroatoms. The SMILES string of the molecule is CC(c1cccc(CN2CCN(C(=O)OC(C)(C)C)CC2)c1)N1C(=O)c2ccccc2C1=O. The van der Waals surface area contributed by atoms with Gasteiger partial charge in [-0.05, 0) is 51.0 Å². The zero-order chi connectivity index (χ0) is 23.8. The first-order valence-electron chi connectivity index (χ1n) is 11.4. The van der Waals surface area contributed by atoms with Crippen molar-refractivity contribution in [3.63, 3.8) is 0 Å². The van der Waals surface area contributed by atoms with Crippen LogP contribution in [-0.2, 0) is 11.3 Å². The normalized spacial score (nSPS) is 17.8. The molecule has 0 aliphatic carbocycles. The van der Waals surface area contributed by atoms with Gasteiger partial charge in [-0.1, -0.05) is 36.4 Å². The highest BCUT2D eigenvalue weighted by Gasteiger charge is 2.38. The van der Waals surface area contributed by atoms with Gasteiger partial charge in [-0.15, -0.1) is 0 Å². The molecule has 0 radical (unpaired) electrons. The van der Waals surface area contributed by atoms with Crippen molar-refractivity contribution < 1.29 is 19.1 Å². The van der Waals surface area contributed by atoms with Gasteiger partial charge in [0.2, 0.25) is 0 Å². The van der Waals surface area contributed by atoms with Gasteiger partial charge in [0, 0.05) is 32.7 Å². The summed E-state index contributed by atoms with van der Waals surface area (Å²) in [7, 11) is 0. The van der Waals surface area contributed by atoms with Crippen LogP contribution in [0.25, 0.3) is 0 Å². The van der Waals surface area contributed by atoms with Gasteiger partial charge in [0.1, 0.15) is 5.60 Å². The van der Waals surface area contributed by atoms with E-state index in [2.05, 4.69) is 17.0 Å². The number of carbonyl (C=O) groups is 3. The van der Waals surface area contributed by atoms with E-state index in [0.29, 0.717) is 24.2 Å². The second-order valence-electron chi connectivity index (χ2n) is 9.69. The van der Waals surface area contributed by atoms with Crippen LogP contribution in [0.5, 0.6) is 0 Å². The summed E-state index contributed by atoms with van der Waals surface area (Å²) in [5, 5.41) is 0. The Morgan fingerprint density at radius 3 is 2.12 bits per heavy atom. The van der Waals surface area contributed by atoms with Crippen molar-refractivity contribution in [2.75, 3.05) is 26.2 Å². The molecule has 0 spiro atoms. The van der Waals surface area contributed by atoms with Crippen LogP contribution in [0, 0.1) is 0 Å². The minimum Gasteiger partial charge on any atom is -0.444 e. The van der Waals surface area contributed by atoms with Gasteiger partial charge < -0.3 is 9.64 Å². The Bertz CT molecular complexity index is 1030. The van der Waals surface area contributed by atoms with E-state index in [1.165, 1.54) is 4.90 Å². The Labute approximate surface area is 194 Å². The summed E-state index contributed by atoms with van der Waals surface area (Å²) < 4.78 is 5.47. The van der Waals surface area contributed by atoms with Crippen LogP contribution in [0.15, 0.2) is 48.5 Å². The first-order valence-corrected chi connectivity index (χ1v) is 11.4. The summed E-state index contributed by atoms with van der Waals surface area (Å²) in [4.78, 5) is 43.4. The maximum atomic E-state index is 12.9. The van der Waals surface area contributed by atoms with Crippen LogP contribution in [0.4, 0.5) is 4.79 Å². The molecular formula is C26H31N3O4. The highest BCUT2D eigenvalue weighted by Crippen LogP contribution is 2.31. The fourth-order valence-corrected chi connectivity index (χ4v) is 4.33. The molecule has 2 aliphatic rings. The Morgan fingerprint density at radius 1 is 0.939 bits per heavy atom. The van der Waals surface area contributed by atoms with Crippen molar-refractivity contribution in [1.82, 2.24) is 14.7 Å². The molecule has 7 nitrogen and oxygen atoms in total.